The molecule has 0 saturated carbocycles. The largest absolute Gasteiger partial charge is 0.466 e. The summed E-state index contributed by atoms with van der Waals surface area (Å²) in [6, 6.07) is 13.7. The average Bonchev–Trinajstić information content (AvgIpc) is 2.99. The molecule has 0 atom stereocenters. The lowest BCUT2D eigenvalue weighted by Gasteiger charge is -2.23. The maximum Gasteiger partial charge on any atom is 0.310 e. The van der Waals surface area contributed by atoms with Crippen molar-refractivity contribution in [2.45, 2.75) is 39.5 Å². The van der Waals surface area contributed by atoms with Gasteiger partial charge in [-0.15, -0.1) is 0 Å². The van der Waals surface area contributed by atoms with Crippen molar-refractivity contribution in [3.05, 3.63) is 59.2 Å². The van der Waals surface area contributed by atoms with E-state index in [4.69, 9.17) is 10.5 Å². The number of aliphatic hydroxyl groups excluding tert-OH is 1. The van der Waals surface area contributed by atoms with E-state index >= 15 is 0 Å². The van der Waals surface area contributed by atoms with E-state index in [0.29, 0.717) is 43.2 Å². The molecule has 1 aliphatic rings. The van der Waals surface area contributed by atoms with Crippen LogP contribution in [0.3, 0.4) is 0 Å². The van der Waals surface area contributed by atoms with Crippen molar-refractivity contribution in [1.82, 2.24) is 4.90 Å². The fourth-order valence-electron chi connectivity index (χ4n) is 3.95. The fourth-order valence-corrected chi connectivity index (χ4v) is 3.95. The lowest BCUT2D eigenvalue weighted by atomic mass is 9.99. The Morgan fingerprint density at radius 2 is 1.82 bits per heavy atom. The van der Waals surface area contributed by atoms with E-state index in [0.717, 1.165) is 28.7 Å². The van der Waals surface area contributed by atoms with E-state index in [2.05, 4.69) is 4.99 Å². The molecule has 7 nitrogen and oxygen atoms in total. The molecular weight excluding hydrogens is 430 g/mol. The minimum Gasteiger partial charge on any atom is -0.466 e. The lowest BCUT2D eigenvalue weighted by molar-refractivity contribution is -0.142. The number of aliphatic hydroxyl groups is 1. The van der Waals surface area contributed by atoms with Crippen molar-refractivity contribution < 1.29 is 19.4 Å². The summed E-state index contributed by atoms with van der Waals surface area (Å²) in [5.41, 5.74) is 11.2. The van der Waals surface area contributed by atoms with E-state index in [1.807, 2.05) is 55.5 Å². The highest BCUT2D eigenvalue weighted by molar-refractivity contribution is 6.05. The third-order valence-corrected chi connectivity index (χ3v) is 5.58. The predicted molar refractivity (Wildman–Crippen MR) is 135 cm³/mol. The van der Waals surface area contributed by atoms with Gasteiger partial charge in [0, 0.05) is 37.3 Å². The summed E-state index contributed by atoms with van der Waals surface area (Å²) in [6.45, 7) is 5.38. The number of carbonyl (C=O) groups is 2. The molecule has 1 aliphatic heterocycles. The zero-order valence-corrected chi connectivity index (χ0v) is 19.9. The second-order valence-electron chi connectivity index (χ2n) is 8.27. The van der Waals surface area contributed by atoms with Crippen LogP contribution in [0.25, 0.3) is 17.2 Å². The molecule has 0 bridgehead atoms. The highest BCUT2D eigenvalue weighted by atomic mass is 16.5. The van der Waals surface area contributed by atoms with Gasteiger partial charge in [-0.3, -0.25) is 9.59 Å². The fraction of sp³-hybridized carbons (Fsp3) is 0.370. The van der Waals surface area contributed by atoms with Crippen LogP contribution in [0.1, 0.15) is 44.2 Å². The van der Waals surface area contributed by atoms with Gasteiger partial charge < -0.3 is 20.5 Å². The highest BCUT2D eigenvalue weighted by Gasteiger charge is 2.21. The van der Waals surface area contributed by atoms with Gasteiger partial charge in [-0.05, 0) is 48.6 Å². The molecule has 2 aromatic carbocycles. The van der Waals surface area contributed by atoms with Gasteiger partial charge >= 0.3 is 5.97 Å². The number of aliphatic imine (C=N–C) groups is 1. The topological polar surface area (TPSA) is 105 Å². The molecule has 1 amide bonds. The van der Waals surface area contributed by atoms with Gasteiger partial charge in [0.05, 0.1) is 18.7 Å². The molecule has 1 heterocycles. The second-order valence-corrected chi connectivity index (χ2v) is 8.27. The van der Waals surface area contributed by atoms with Crippen molar-refractivity contribution in [3.63, 3.8) is 0 Å². The first-order valence-corrected chi connectivity index (χ1v) is 11.8. The number of hydrogen-bond acceptors (Lipinski definition) is 6. The number of carbonyl (C=O) groups excluding carboxylic acids is 2. The molecule has 0 saturated heterocycles. The minimum absolute atomic E-state index is 0.0472. The Morgan fingerprint density at radius 3 is 2.50 bits per heavy atom. The predicted octanol–water partition coefficient (Wildman–Crippen LogP) is 3.86. The summed E-state index contributed by atoms with van der Waals surface area (Å²) in [6.07, 6.45) is 3.78. The summed E-state index contributed by atoms with van der Waals surface area (Å²) < 4.78 is 5.01. The van der Waals surface area contributed by atoms with Crippen molar-refractivity contribution in [3.8, 4) is 11.1 Å². The second kappa shape index (κ2) is 12.1. The molecule has 2 aromatic rings. The number of esters is 1. The summed E-state index contributed by atoms with van der Waals surface area (Å²) >= 11 is 0. The molecule has 7 heteroatoms. The lowest BCUT2D eigenvalue weighted by Crippen LogP contribution is -2.35. The Morgan fingerprint density at radius 1 is 1.09 bits per heavy atom. The monoisotopic (exact) mass is 463 g/mol. The molecule has 0 radical (unpaired) electrons. The Balaban J connectivity index is 1.84. The van der Waals surface area contributed by atoms with E-state index in [-0.39, 0.29) is 31.3 Å². The van der Waals surface area contributed by atoms with Gasteiger partial charge in [-0.1, -0.05) is 43.3 Å². The van der Waals surface area contributed by atoms with Gasteiger partial charge in [-0.2, -0.15) is 0 Å². The highest BCUT2D eigenvalue weighted by Crippen LogP contribution is 2.32. The maximum atomic E-state index is 13.2. The Kier molecular flexibility index (Phi) is 8.99. The van der Waals surface area contributed by atoms with Crippen LogP contribution in [0.2, 0.25) is 0 Å². The van der Waals surface area contributed by atoms with Crippen LogP contribution in [0.15, 0.2) is 53.0 Å². The normalized spacial score (nSPS) is 12.8. The van der Waals surface area contributed by atoms with Crippen LogP contribution in [0.4, 0.5) is 5.69 Å². The number of nitrogens with zero attached hydrogens (tertiary/aromatic N) is 2. The molecule has 3 rings (SSSR count). The van der Waals surface area contributed by atoms with Crippen molar-refractivity contribution in [2.75, 3.05) is 26.3 Å². The first-order valence-electron chi connectivity index (χ1n) is 11.8. The van der Waals surface area contributed by atoms with Crippen LogP contribution in [0, 0.1) is 0 Å². The molecular formula is C27H33N3O4. The number of nitrogens with two attached hydrogens (primary N) is 1. The third-order valence-electron chi connectivity index (χ3n) is 5.58. The Hall–Kier alpha value is -3.45. The number of benzene rings is 2. The standard InChI is InChI=1S/C27H33N3O4/c1-3-12-30(13-5-14-31)27(33)23-16-22-11-10-21(17-24(22)29-25(28)18-23)20-8-6-19(7-9-20)15-26(32)34-4-2/h6-11,16-17,31H,3-5,12-15,18H2,1-2H3,(H2,28,29). The molecule has 0 aromatic heterocycles. The SMILES string of the molecule is CCCN(CCCO)C(=O)C1=Cc2ccc(-c3ccc(CC(=O)OCC)cc3)cc2N=C(N)C1. The van der Waals surface area contributed by atoms with Crippen LogP contribution >= 0.6 is 0 Å². The van der Waals surface area contributed by atoms with Gasteiger partial charge in [0.1, 0.15) is 5.84 Å². The smallest absolute Gasteiger partial charge is 0.310 e. The summed E-state index contributed by atoms with van der Waals surface area (Å²) in [4.78, 5) is 31.2. The molecule has 34 heavy (non-hydrogen) atoms. The van der Waals surface area contributed by atoms with Gasteiger partial charge in [-0.25, -0.2) is 4.99 Å². The average molecular weight is 464 g/mol. The number of amides is 1. The number of amidine groups is 1. The molecule has 0 unspecified atom stereocenters. The van der Waals surface area contributed by atoms with Crippen molar-refractivity contribution in [2.24, 2.45) is 10.7 Å². The Labute approximate surface area is 200 Å². The number of rotatable bonds is 10. The van der Waals surface area contributed by atoms with E-state index < -0.39 is 0 Å². The van der Waals surface area contributed by atoms with Crippen molar-refractivity contribution >= 4 is 29.5 Å². The zero-order chi connectivity index (χ0) is 24.5. The molecule has 0 aliphatic carbocycles. The van der Waals surface area contributed by atoms with Gasteiger partial charge in [0.2, 0.25) is 5.91 Å². The van der Waals surface area contributed by atoms with Crippen LogP contribution < -0.4 is 5.73 Å². The van der Waals surface area contributed by atoms with Crippen LogP contribution in [-0.4, -0.2) is 54.0 Å². The summed E-state index contributed by atoms with van der Waals surface area (Å²) in [7, 11) is 0. The first-order chi connectivity index (χ1) is 16.4. The zero-order valence-electron chi connectivity index (χ0n) is 19.9. The van der Waals surface area contributed by atoms with E-state index in [9.17, 15) is 14.7 Å². The van der Waals surface area contributed by atoms with Crippen molar-refractivity contribution in [1.29, 1.82) is 0 Å². The van der Waals surface area contributed by atoms with Crippen LogP contribution in [0.5, 0.6) is 0 Å². The first kappa shape index (κ1) is 25.2. The molecule has 0 spiro atoms. The van der Waals surface area contributed by atoms with E-state index in [1.54, 1.807) is 11.8 Å². The Bertz CT molecular complexity index is 1070. The number of fused-ring (bicyclic) bond motifs is 1. The van der Waals surface area contributed by atoms with Gasteiger partial charge in [0.25, 0.3) is 0 Å². The quantitative estimate of drug-likeness (QED) is 0.521. The minimum atomic E-state index is -0.240. The molecule has 3 N–H and O–H groups in total. The number of ether oxygens (including phenoxy) is 1. The summed E-state index contributed by atoms with van der Waals surface area (Å²) in [5, 5.41) is 9.18. The third kappa shape index (κ3) is 6.54. The molecule has 0 fully saturated rings. The number of hydrogen-bond donors (Lipinski definition) is 2. The summed E-state index contributed by atoms with van der Waals surface area (Å²) in [5.74, 6) is 0.0811. The van der Waals surface area contributed by atoms with Crippen LogP contribution in [-0.2, 0) is 20.7 Å². The maximum absolute atomic E-state index is 13.2. The van der Waals surface area contributed by atoms with E-state index in [1.165, 1.54) is 0 Å². The van der Waals surface area contributed by atoms with Gasteiger partial charge in [0.15, 0.2) is 0 Å². The molecule has 180 valence electrons.